The molecular formula is C29H23FN2O. The summed E-state index contributed by atoms with van der Waals surface area (Å²) in [5.41, 5.74) is 7.76. The minimum absolute atomic E-state index is 0.220. The van der Waals surface area contributed by atoms with Crippen LogP contribution in [0, 0.1) is 12.7 Å². The maximum Gasteiger partial charge on any atom is 0.248 e. The van der Waals surface area contributed by atoms with Crippen LogP contribution in [0.15, 0.2) is 101 Å². The third kappa shape index (κ3) is 5.07. The van der Waals surface area contributed by atoms with Gasteiger partial charge in [-0.25, -0.2) is 4.39 Å². The summed E-state index contributed by atoms with van der Waals surface area (Å²) >= 11 is 0. The van der Waals surface area contributed by atoms with Crippen molar-refractivity contribution in [2.75, 3.05) is 0 Å². The Morgan fingerprint density at radius 2 is 0.909 bits per heavy atom. The lowest BCUT2D eigenvalue weighted by atomic mass is 10.0. The standard InChI is InChI=1S/C29H23FN2O/c1-20-2-4-21(5-3-20)18-22-6-12-25(13-7-22)28-31-32-29(33-28)26-14-8-23(9-15-26)19-24-10-16-27(30)17-11-24/h2-17H,18-19H2,1H3. The molecule has 0 fully saturated rings. The molecule has 3 nitrogen and oxygen atoms in total. The fraction of sp³-hybridized carbons (Fsp3) is 0.103. The molecular weight excluding hydrogens is 411 g/mol. The summed E-state index contributed by atoms with van der Waals surface area (Å²) < 4.78 is 19.0. The Bertz CT molecular complexity index is 1230. The van der Waals surface area contributed by atoms with Crippen molar-refractivity contribution in [2.24, 2.45) is 0 Å². The van der Waals surface area contributed by atoms with Crippen LogP contribution in [-0.4, -0.2) is 10.2 Å². The molecule has 4 aromatic carbocycles. The molecule has 0 aliphatic heterocycles. The monoisotopic (exact) mass is 434 g/mol. The fourth-order valence-electron chi connectivity index (χ4n) is 3.77. The Balaban J connectivity index is 1.26. The van der Waals surface area contributed by atoms with Gasteiger partial charge in [0.15, 0.2) is 0 Å². The van der Waals surface area contributed by atoms with Crippen molar-refractivity contribution in [2.45, 2.75) is 19.8 Å². The Labute approximate surface area is 192 Å². The van der Waals surface area contributed by atoms with Crippen LogP contribution in [0.25, 0.3) is 22.9 Å². The first-order valence-electron chi connectivity index (χ1n) is 10.9. The second-order valence-corrected chi connectivity index (χ2v) is 8.27. The van der Waals surface area contributed by atoms with Crippen LogP contribution < -0.4 is 0 Å². The minimum atomic E-state index is -0.220. The molecule has 1 heterocycles. The van der Waals surface area contributed by atoms with Gasteiger partial charge < -0.3 is 4.42 Å². The van der Waals surface area contributed by atoms with E-state index < -0.39 is 0 Å². The second-order valence-electron chi connectivity index (χ2n) is 8.27. The summed E-state index contributed by atoms with van der Waals surface area (Å²) in [4.78, 5) is 0. The Morgan fingerprint density at radius 3 is 1.33 bits per heavy atom. The van der Waals surface area contributed by atoms with Gasteiger partial charge in [0.25, 0.3) is 0 Å². The van der Waals surface area contributed by atoms with Gasteiger partial charge in [-0.15, -0.1) is 10.2 Å². The van der Waals surface area contributed by atoms with E-state index in [1.165, 1.54) is 28.8 Å². The minimum Gasteiger partial charge on any atom is -0.416 e. The molecule has 33 heavy (non-hydrogen) atoms. The van der Waals surface area contributed by atoms with Gasteiger partial charge in [0.05, 0.1) is 0 Å². The predicted molar refractivity (Wildman–Crippen MR) is 128 cm³/mol. The van der Waals surface area contributed by atoms with Crippen molar-refractivity contribution in [3.05, 3.63) is 131 Å². The van der Waals surface area contributed by atoms with Crippen LogP contribution >= 0.6 is 0 Å². The molecule has 5 aromatic rings. The van der Waals surface area contributed by atoms with E-state index in [1.807, 2.05) is 36.4 Å². The smallest absolute Gasteiger partial charge is 0.248 e. The Hall–Kier alpha value is -4.05. The molecule has 0 spiro atoms. The van der Waals surface area contributed by atoms with E-state index in [9.17, 15) is 4.39 Å². The van der Waals surface area contributed by atoms with Gasteiger partial charge in [-0.2, -0.15) is 0 Å². The molecule has 0 amide bonds. The van der Waals surface area contributed by atoms with Crippen LogP contribution in [0.2, 0.25) is 0 Å². The van der Waals surface area contributed by atoms with Gasteiger partial charge >= 0.3 is 0 Å². The number of hydrogen-bond acceptors (Lipinski definition) is 3. The normalized spacial score (nSPS) is 11.0. The third-order valence-corrected chi connectivity index (χ3v) is 5.68. The van der Waals surface area contributed by atoms with Crippen molar-refractivity contribution < 1.29 is 8.81 Å². The summed E-state index contributed by atoms with van der Waals surface area (Å²) in [5.74, 6) is 0.770. The van der Waals surface area contributed by atoms with Gasteiger partial charge in [-0.05, 0) is 78.4 Å². The first kappa shape index (κ1) is 20.8. The van der Waals surface area contributed by atoms with Crippen LogP contribution in [0.4, 0.5) is 4.39 Å². The first-order valence-corrected chi connectivity index (χ1v) is 10.9. The van der Waals surface area contributed by atoms with E-state index in [-0.39, 0.29) is 5.82 Å². The zero-order valence-electron chi connectivity index (χ0n) is 18.3. The van der Waals surface area contributed by atoms with E-state index in [0.29, 0.717) is 11.8 Å². The Kier molecular flexibility index (Phi) is 5.81. The molecule has 0 saturated carbocycles. The van der Waals surface area contributed by atoms with E-state index in [0.717, 1.165) is 35.1 Å². The summed E-state index contributed by atoms with van der Waals surface area (Å²) in [5, 5.41) is 8.46. The molecule has 0 N–H and O–H groups in total. The Morgan fingerprint density at radius 1 is 0.545 bits per heavy atom. The van der Waals surface area contributed by atoms with E-state index in [2.05, 4.69) is 53.5 Å². The number of nitrogens with zero attached hydrogens (tertiary/aromatic N) is 2. The van der Waals surface area contributed by atoms with Crippen LogP contribution in [0.5, 0.6) is 0 Å². The summed E-state index contributed by atoms with van der Waals surface area (Å²) in [7, 11) is 0. The highest BCUT2D eigenvalue weighted by atomic mass is 19.1. The molecule has 0 aliphatic rings. The maximum absolute atomic E-state index is 13.1. The highest BCUT2D eigenvalue weighted by Gasteiger charge is 2.11. The lowest BCUT2D eigenvalue weighted by molar-refractivity contribution is 0.584. The van der Waals surface area contributed by atoms with Gasteiger partial charge in [-0.3, -0.25) is 0 Å². The largest absolute Gasteiger partial charge is 0.416 e. The van der Waals surface area contributed by atoms with Crippen molar-refractivity contribution in [1.29, 1.82) is 0 Å². The van der Waals surface area contributed by atoms with Gasteiger partial charge in [0, 0.05) is 11.1 Å². The lowest BCUT2D eigenvalue weighted by Crippen LogP contribution is -1.88. The van der Waals surface area contributed by atoms with Crippen LogP contribution in [0.3, 0.4) is 0 Å². The lowest BCUT2D eigenvalue weighted by Gasteiger charge is -2.04. The fourth-order valence-corrected chi connectivity index (χ4v) is 3.77. The SMILES string of the molecule is Cc1ccc(Cc2ccc(-c3nnc(-c4ccc(Cc5ccc(F)cc5)cc4)o3)cc2)cc1. The zero-order valence-corrected chi connectivity index (χ0v) is 18.3. The van der Waals surface area contributed by atoms with Crippen molar-refractivity contribution in [1.82, 2.24) is 10.2 Å². The highest BCUT2D eigenvalue weighted by Crippen LogP contribution is 2.25. The quantitative estimate of drug-likeness (QED) is 0.288. The topological polar surface area (TPSA) is 38.9 Å². The van der Waals surface area contributed by atoms with Crippen molar-refractivity contribution in [3.8, 4) is 22.9 Å². The van der Waals surface area contributed by atoms with E-state index in [1.54, 1.807) is 12.1 Å². The van der Waals surface area contributed by atoms with Crippen LogP contribution in [0.1, 0.15) is 27.8 Å². The first-order chi connectivity index (χ1) is 16.1. The summed E-state index contributed by atoms with van der Waals surface area (Å²) in [6.45, 7) is 2.10. The molecule has 0 atom stereocenters. The average molecular weight is 435 g/mol. The van der Waals surface area contributed by atoms with Crippen LogP contribution in [-0.2, 0) is 12.8 Å². The van der Waals surface area contributed by atoms with Crippen molar-refractivity contribution in [3.63, 3.8) is 0 Å². The number of benzene rings is 4. The molecule has 0 radical (unpaired) electrons. The molecule has 0 bridgehead atoms. The molecule has 5 rings (SSSR count). The molecule has 4 heteroatoms. The summed E-state index contributed by atoms with van der Waals surface area (Å²) in [6, 6.07) is 31.4. The second kappa shape index (κ2) is 9.21. The number of aryl methyl sites for hydroxylation is 1. The third-order valence-electron chi connectivity index (χ3n) is 5.68. The molecule has 0 aliphatic carbocycles. The molecule has 0 unspecified atom stereocenters. The maximum atomic E-state index is 13.1. The predicted octanol–water partition coefficient (Wildman–Crippen LogP) is 7.03. The van der Waals surface area contributed by atoms with E-state index in [4.69, 9.17) is 4.42 Å². The molecule has 0 saturated heterocycles. The van der Waals surface area contributed by atoms with Crippen molar-refractivity contribution >= 4 is 0 Å². The number of aromatic nitrogens is 2. The molecule has 1 aromatic heterocycles. The average Bonchev–Trinajstić information content (AvgIpc) is 3.33. The van der Waals surface area contributed by atoms with Gasteiger partial charge in [0.2, 0.25) is 11.8 Å². The van der Waals surface area contributed by atoms with Gasteiger partial charge in [0.1, 0.15) is 5.82 Å². The molecule has 162 valence electrons. The number of hydrogen-bond donors (Lipinski definition) is 0. The summed E-state index contributed by atoms with van der Waals surface area (Å²) in [6.07, 6.45) is 1.63. The highest BCUT2D eigenvalue weighted by molar-refractivity contribution is 5.58. The van der Waals surface area contributed by atoms with E-state index >= 15 is 0 Å². The number of rotatable bonds is 6. The zero-order chi connectivity index (χ0) is 22.6. The van der Waals surface area contributed by atoms with Gasteiger partial charge in [-0.1, -0.05) is 66.2 Å². The number of halogens is 1.